The molecule has 0 radical (unpaired) electrons. The Kier molecular flexibility index (Phi) is 4.43. The average molecular weight is 384 g/mol. The second-order valence-electron chi connectivity index (χ2n) is 6.33. The van der Waals surface area contributed by atoms with Gasteiger partial charge in [0.15, 0.2) is 0 Å². The maximum Gasteiger partial charge on any atom is 0.336 e. The van der Waals surface area contributed by atoms with Crippen LogP contribution in [0.15, 0.2) is 42.5 Å². The van der Waals surface area contributed by atoms with Gasteiger partial charge in [0.25, 0.3) is 0 Å². The zero-order valence-electron chi connectivity index (χ0n) is 13.8. The maximum absolute atomic E-state index is 12.0. The molecule has 5 heteroatoms. The molecule has 0 unspecified atom stereocenters. The molecule has 0 atom stereocenters. The highest BCUT2D eigenvalue weighted by atomic mass is 35.5. The van der Waals surface area contributed by atoms with Crippen molar-refractivity contribution in [2.24, 2.45) is 0 Å². The van der Waals surface area contributed by atoms with Crippen molar-refractivity contribution in [3.05, 3.63) is 74.9 Å². The van der Waals surface area contributed by atoms with E-state index < -0.39 is 5.97 Å². The molecule has 0 fully saturated rings. The molecule has 130 valence electrons. The number of hydrogen-bond donors (Lipinski definition) is 1. The van der Waals surface area contributed by atoms with Crippen LogP contribution < -0.4 is 0 Å². The fraction of sp³-hybridized carbons (Fsp3) is 0.143. The van der Waals surface area contributed by atoms with Crippen LogP contribution in [0.25, 0.3) is 22.6 Å². The van der Waals surface area contributed by atoms with Gasteiger partial charge >= 0.3 is 5.97 Å². The van der Waals surface area contributed by atoms with Crippen LogP contribution in [0.1, 0.15) is 40.0 Å². The molecule has 3 aromatic rings. The molecular weight excluding hydrogens is 369 g/mol. The fourth-order valence-electron chi connectivity index (χ4n) is 3.52. The number of aromatic carboxylic acids is 1. The van der Waals surface area contributed by atoms with Crippen molar-refractivity contribution in [1.82, 2.24) is 4.98 Å². The highest BCUT2D eigenvalue weighted by molar-refractivity contribution is 6.42. The van der Waals surface area contributed by atoms with E-state index in [9.17, 15) is 9.90 Å². The van der Waals surface area contributed by atoms with E-state index in [4.69, 9.17) is 28.2 Å². The van der Waals surface area contributed by atoms with E-state index in [0.717, 1.165) is 35.2 Å². The third-order valence-electron chi connectivity index (χ3n) is 4.67. The number of nitrogens with zero attached hydrogens (tertiary/aromatic N) is 1. The highest BCUT2D eigenvalue weighted by Gasteiger charge is 2.24. The largest absolute Gasteiger partial charge is 0.478 e. The first kappa shape index (κ1) is 17.1. The molecule has 0 aliphatic heterocycles. The van der Waals surface area contributed by atoms with Crippen LogP contribution in [0.2, 0.25) is 10.0 Å². The quantitative estimate of drug-likeness (QED) is 0.579. The molecule has 0 saturated carbocycles. The zero-order valence-corrected chi connectivity index (χ0v) is 15.3. The molecule has 0 spiro atoms. The molecule has 0 saturated heterocycles. The van der Waals surface area contributed by atoms with Gasteiger partial charge in [-0.2, -0.15) is 0 Å². The summed E-state index contributed by atoms with van der Waals surface area (Å²) in [6.45, 7) is 0. The average Bonchev–Trinajstić information content (AvgIpc) is 2.63. The number of aromatic nitrogens is 1. The van der Waals surface area contributed by atoms with Crippen molar-refractivity contribution in [3.8, 4) is 0 Å². The lowest BCUT2D eigenvalue weighted by Crippen LogP contribution is -2.13. The molecular formula is C21H15Cl2NO2. The number of fused-ring (bicyclic) bond motifs is 2. The Hall–Kier alpha value is -2.36. The van der Waals surface area contributed by atoms with Crippen LogP contribution in [0.3, 0.4) is 0 Å². The van der Waals surface area contributed by atoms with E-state index in [1.807, 2.05) is 42.5 Å². The number of benzene rings is 2. The van der Waals surface area contributed by atoms with Crippen molar-refractivity contribution in [2.75, 3.05) is 0 Å². The predicted octanol–water partition coefficient (Wildman–Crippen LogP) is 6.12. The number of rotatable bonds is 2. The summed E-state index contributed by atoms with van der Waals surface area (Å²) in [6.07, 6.45) is 4.47. The van der Waals surface area contributed by atoms with Crippen LogP contribution in [0, 0.1) is 0 Å². The van der Waals surface area contributed by atoms with Crippen molar-refractivity contribution in [2.45, 2.75) is 19.3 Å². The van der Waals surface area contributed by atoms with Gasteiger partial charge in [0.2, 0.25) is 0 Å². The molecule has 1 aliphatic carbocycles. The van der Waals surface area contributed by atoms with Crippen LogP contribution in [-0.4, -0.2) is 16.1 Å². The fourth-order valence-corrected chi connectivity index (χ4v) is 3.83. The molecule has 26 heavy (non-hydrogen) atoms. The topological polar surface area (TPSA) is 50.2 Å². The number of carboxylic acid groups (broad SMARTS) is 1. The van der Waals surface area contributed by atoms with Gasteiger partial charge in [-0.25, -0.2) is 9.78 Å². The smallest absolute Gasteiger partial charge is 0.336 e. The summed E-state index contributed by atoms with van der Waals surface area (Å²) < 4.78 is 0. The molecule has 1 N–H and O–H groups in total. The van der Waals surface area contributed by atoms with Gasteiger partial charge in [0, 0.05) is 5.39 Å². The van der Waals surface area contributed by atoms with Gasteiger partial charge in [0.1, 0.15) is 0 Å². The monoisotopic (exact) mass is 383 g/mol. The van der Waals surface area contributed by atoms with Gasteiger partial charge in [-0.15, -0.1) is 0 Å². The maximum atomic E-state index is 12.0. The molecule has 0 bridgehead atoms. The lowest BCUT2D eigenvalue weighted by Gasteiger charge is -2.21. The summed E-state index contributed by atoms with van der Waals surface area (Å²) in [6, 6.07) is 12.9. The van der Waals surface area contributed by atoms with E-state index >= 15 is 0 Å². The summed E-state index contributed by atoms with van der Waals surface area (Å²) in [7, 11) is 0. The first-order chi connectivity index (χ1) is 12.5. The Morgan fingerprint density at radius 3 is 2.65 bits per heavy atom. The van der Waals surface area contributed by atoms with Crippen LogP contribution in [0.4, 0.5) is 0 Å². The lowest BCUT2D eigenvalue weighted by molar-refractivity contribution is 0.0697. The van der Waals surface area contributed by atoms with Gasteiger partial charge in [0.05, 0.1) is 26.8 Å². The second-order valence-corrected chi connectivity index (χ2v) is 7.15. The third-order valence-corrected chi connectivity index (χ3v) is 5.41. The Bertz CT molecular complexity index is 1070. The van der Waals surface area contributed by atoms with Crippen molar-refractivity contribution in [3.63, 3.8) is 0 Å². The second kappa shape index (κ2) is 6.75. The molecule has 1 aromatic heterocycles. The summed E-state index contributed by atoms with van der Waals surface area (Å²) in [5.41, 5.74) is 4.61. The van der Waals surface area contributed by atoms with Crippen molar-refractivity contribution in [1.29, 1.82) is 0 Å². The summed E-state index contributed by atoms with van der Waals surface area (Å²) in [4.78, 5) is 16.7. The predicted molar refractivity (Wildman–Crippen MR) is 106 cm³/mol. The molecule has 1 aliphatic rings. The molecule has 4 rings (SSSR count). The van der Waals surface area contributed by atoms with Crippen molar-refractivity contribution >= 4 is 51.7 Å². The molecule has 3 nitrogen and oxygen atoms in total. The van der Waals surface area contributed by atoms with E-state index in [0.29, 0.717) is 32.9 Å². The number of pyridine rings is 1. The number of allylic oxidation sites excluding steroid dienone is 1. The Morgan fingerprint density at radius 2 is 1.88 bits per heavy atom. The Labute approximate surface area is 160 Å². The van der Waals surface area contributed by atoms with Gasteiger partial charge in [-0.05, 0) is 60.2 Å². The van der Waals surface area contributed by atoms with Crippen LogP contribution in [0.5, 0.6) is 0 Å². The van der Waals surface area contributed by atoms with Crippen molar-refractivity contribution < 1.29 is 9.90 Å². The van der Waals surface area contributed by atoms with Gasteiger partial charge in [-0.1, -0.05) is 47.5 Å². The summed E-state index contributed by atoms with van der Waals surface area (Å²) in [5.74, 6) is -0.907. The minimum atomic E-state index is -0.907. The first-order valence-corrected chi connectivity index (χ1v) is 9.11. The first-order valence-electron chi connectivity index (χ1n) is 8.35. The Balaban J connectivity index is 1.94. The number of halogens is 2. The van der Waals surface area contributed by atoms with Crippen LogP contribution in [-0.2, 0) is 6.42 Å². The Morgan fingerprint density at radius 1 is 1.08 bits per heavy atom. The van der Waals surface area contributed by atoms with E-state index in [1.165, 1.54) is 0 Å². The standard InChI is InChI=1S/C21H15Cl2NO2/c22-16-9-8-12(11-17(16)23)10-13-4-3-6-15-19(21(25)26)14-5-1-2-7-18(14)24-20(13)15/h1-2,5,7-11H,3-4,6H2,(H,25,26)/b13-10+. The third kappa shape index (κ3) is 2.98. The molecule has 0 amide bonds. The summed E-state index contributed by atoms with van der Waals surface area (Å²) in [5, 5.41) is 11.5. The molecule has 2 aromatic carbocycles. The number of hydrogen-bond acceptors (Lipinski definition) is 2. The summed E-state index contributed by atoms with van der Waals surface area (Å²) >= 11 is 12.1. The van der Waals surface area contributed by atoms with Crippen LogP contribution >= 0.6 is 23.2 Å². The molecule has 1 heterocycles. The highest BCUT2D eigenvalue weighted by Crippen LogP contribution is 2.36. The van der Waals surface area contributed by atoms with E-state index in [-0.39, 0.29) is 0 Å². The minimum Gasteiger partial charge on any atom is -0.478 e. The van der Waals surface area contributed by atoms with E-state index in [2.05, 4.69) is 0 Å². The van der Waals surface area contributed by atoms with E-state index in [1.54, 1.807) is 6.07 Å². The minimum absolute atomic E-state index is 0.366. The normalized spacial score (nSPS) is 15.2. The SMILES string of the molecule is O=C(O)c1c2c(nc3ccccc13)/C(=C/c1ccc(Cl)c(Cl)c1)CCC2. The zero-order chi connectivity index (χ0) is 18.3. The number of para-hydroxylation sites is 1. The number of carbonyl (C=O) groups is 1. The lowest BCUT2D eigenvalue weighted by atomic mass is 9.86. The number of carboxylic acids is 1. The van der Waals surface area contributed by atoms with Gasteiger partial charge in [-0.3, -0.25) is 0 Å². The van der Waals surface area contributed by atoms with Gasteiger partial charge < -0.3 is 5.11 Å².